The molecule has 1 aromatic heterocycles. The van der Waals surface area contributed by atoms with Crippen LogP contribution < -0.4 is 10.4 Å². The number of aliphatic hydroxyl groups is 4. The Bertz CT molecular complexity index is 829. The third-order valence-corrected chi connectivity index (χ3v) is 3.89. The molecule has 2 aromatic rings. The maximum absolute atomic E-state index is 11.2. The summed E-state index contributed by atoms with van der Waals surface area (Å²) in [5, 5.41) is 58.4. The number of phenols is 1. The number of rotatable bonds is 3. The molecule has 5 atom stereocenters. The lowest BCUT2D eigenvalue weighted by Crippen LogP contribution is -2.60. The molecule has 1 aliphatic heterocycles. The van der Waals surface area contributed by atoms with Crippen molar-refractivity contribution in [1.82, 2.24) is 0 Å². The van der Waals surface area contributed by atoms with Gasteiger partial charge in [0.15, 0.2) is 11.5 Å². The van der Waals surface area contributed by atoms with Crippen molar-refractivity contribution in [2.24, 2.45) is 0 Å². The van der Waals surface area contributed by atoms with Crippen LogP contribution in [0.4, 0.5) is 0 Å². The van der Waals surface area contributed by atoms with Crippen molar-refractivity contribution in [3.8, 4) is 17.2 Å². The van der Waals surface area contributed by atoms with Crippen molar-refractivity contribution >= 4 is 11.0 Å². The Morgan fingerprint density at radius 2 is 1.72 bits per heavy atom. The van der Waals surface area contributed by atoms with E-state index in [-0.39, 0.29) is 16.7 Å². The van der Waals surface area contributed by atoms with E-state index in [4.69, 9.17) is 19.0 Å². The first-order valence-corrected chi connectivity index (χ1v) is 7.29. The predicted molar refractivity (Wildman–Crippen MR) is 80.2 cm³/mol. The highest BCUT2D eigenvalue weighted by Gasteiger charge is 2.44. The summed E-state index contributed by atoms with van der Waals surface area (Å²) >= 11 is 0. The highest BCUT2D eigenvalue weighted by atomic mass is 16.7. The molecule has 6 N–H and O–H groups in total. The fourth-order valence-electron chi connectivity index (χ4n) is 2.55. The van der Waals surface area contributed by atoms with Crippen LogP contribution in [0.5, 0.6) is 17.2 Å². The van der Waals surface area contributed by atoms with Gasteiger partial charge in [-0.05, 0) is 6.07 Å². The lowest BCUT2D eigenvalue weighted by molar-refractivity contribution is -0.277. The summed E-state index contributed by atoms with van der Waals surface area (Å²) in [6, 6.07) is 3.00. The van der Waals surface area contributed by atoms with Gasteiger partial charge in [0, 0.05) is 6.07 Å². The molecule has 0 bridgehead atoms. The van der Waals surface area contributed by atoms with Crippen LogP contribution in [0.2, 0.25) is 0 Å². The van der Waals surface area contributed by atoms with Crippen molar-refractivity contribution in [1.29, 1.82) is 0 Å². The number of aromatic hydroxyl groups is 2. The zero-order valence-electron chi connectivity index (χ0n) is 12.6. The summed E-state index contributed by atoms with van der Waals surface area (Å²) in [6.45, 7) is -0.638. The fraction of sp³-hybridized carbons (Fsp3) is 0.400. The molecule has 1 saturated heterocycles. The van der Waals surface area contributed by atoms with Crippen molar-refractivity contribution in [3.63, 3.8) is 0 Å². The van der Waals surface area contributed by atoms with Gasteiger partial charge in [-0.1, -0.05) is 0 Å². The molecule has 10 nitrogen and oxygen atoms in total. The molecule has 1 fully saturated rings. The maximum atomic E-state index is 11.2. The molecule has 10 heteroatoms. The molecule has 2 heterocycles. The normalized spacial score (nSPS) is 29.7. The summed E-state index contributed by atoms with van der Waals surface area (Å²) < 4.78 is 15.3. The maximum Gasteiger partial charge on any atom is 0.339 e. The van der Waals surface area contributed by atoms with E-state index >= 15 is 0 Å². The minimum Gasteiger partial charge on any atom is -0.507 e. The van der Waals surface area contributed by atoms with E-state index in [2.05, 4.69) is 0 Å². The first kappa shape index (κ1) is 17.5. The van der Waals surface area contributed by atoms with Gasteiger partial charge < -0.3 is 44.5 Å². The molecule has 0 aliphatic carbocycles. The Morgan fingerprint density at radius 3 is 2.40 bits per heavy atom. The topological polar surface area (TPSA) is 170 Å². The van der Waals surface area contributed by atoms with Gasteiger partial charge in [0.2, 0.25) is 6.29 Å². The van der Waals surface area contributed by atoms with Crippen LogP contribution in [0.1, 0.15) is 0 Å². The molecular weight excluding hydrogens is 340 g/mol. The van der Waals surface area contributed by atoms with Crippen molar-refractivity contribution in [2.45, 2.75) is 30.7 Å². The summed E-state index contributed by atoms with van der Waals surface area (Å²) in [5.41, 5.74) is -0.907. The zero-order chi connectivity index (χ0) is 18.3. The van der Waals surface area contributed by atoms with E-state index in [0.29, 0.717) is 0 Å². The minimum absolute atomic E-state index is 0.0528. The largest absolute Gasteiger partial charge is 0.507 e. The highest BCUT2D eigenvalue weighted by Crippen LogP contribution is 2.36. The van der Waals surface area contributed by atoms with Crippen LogP contribution >= 0.6 is 0 Å². The van der Waals surface area contributed by atoms with Gasteiger partial charge in [-0.2, -0.15) is 0 Å². The number of benzene rings is 1. The Morgan fingerprint density at radius 1 is 1.00 bits per heavy atom. The monoisotopic (exact) mass is 356 g/mol. The van der Waals surface area contributed by atoms with Crippen molar-refractivity contribution in [3.05, 3.63) is 28.6 Å². The first-order valence-electron chi connectivity index (χ1n) is 7.29. The van der Waals surface area contributed by atoms with Gasteiger partial charge >= 0.3 is 5.63 Å². The molecule has 0 saturated carbocycles. The smallest absolute Gasteiger partial charge is 0.339 e. The van der Waals surface area contributed by atoms with Gasteiger partial charge in [-0.25, -0.2) is 4.79 Å². The Kier molecular flexibility index (Phi) is 4.54. The van der Waals surface area contributed by atoms with Gasteiger partial charge in [0.25, 0.3) is 0 Å². The molecule has 1 aliphatic rings. The average Bonchev–Trinajstić information content (AvgIpc) is 2.56. The molecule has 0 unspecified atom stereocenters. The summed E-state index contributed by atoms with van der Waals surface area (Å²) in [6.07, 6.45) is -7.57. The second kappa shape index (κ2) is 6.50. The van der Waals surface area contributed by atoms with Gasteiger partial charge in [0.05, 0.1) is 18.1 Å². The Labute approximate surface area is 139 Å². The molecule has 136 valence electrons. The molecular formula is C15H16O10. The predicted octanol–water partition coefficient (Wildman–Crippen LogP) is -1.62. The average molecular weight is 356 g/mol. The lowest BCUT2D eigenvalue weighted by atomic mass is 9.99. The van der Waals surface area contributed by atoms with Crippen molar-refractivity contribution < 1.29 is 44.5 Å². The van der Waals surface area contributed by atoms with Crippen LogP contribution in [0.25, 0.3) is 11.0 Å². The standard InChI is InChI=1S/C15H16O10/c16-4-10-12(20)13(21)14(22)15(25-10)24-9-1-5-6(17)3-11(19)23-8(5)2-7(9)18/h1-3,10,12-18,20-22H,4H2/t10-,12-,13+,14-,15-/m1/s1. The van der Waals surface area contributed by atoms with Crippen LogP contribution in [0, 0.1) is 0 Å². The number of aliphatic hydroxyl groups excluding tert-OH is 4. The number of ether oxygens (including phenoxy) is 2. The third-order valence-electron chi connectivity index (χ3n) is 3.89. The van der Waals surface area contributed by atoms with Gasteiger partial charge in [-0.15, -0.1) is 0 Å². The summed E-state index contributed by atoms with van der Waals surface area (Å²) in [5.74, 6) is -1.15. The van der Waals surface area contributed by atoms with E-state index in [1.165, 1.54) is 0 Å². The number of phenolic OH excluding ortho intramolecular Hbond substituents is 1. The lowest BCUT2D eigenvalue weighted by Gasteiger charge is -2.39. The van der Waals surface area contributed by atoms with Crippen LogP contribution in [0.15, 0.2) is 27.4 Å². The molecule has 1 aromatic carbocycles. The third kappa shape index (κ3) is 3.13. The van der Waals surface area contributed by atoms with E-state index in [1.807, 2.05) is 0 Å². The number of hydrogen-bond acceptors (Lipinski definition) is 10. The van der Waals surface area contributed by atoms with Crippen LogP contribution in [-0.4, -0.2) is 68.0 Å². The molecule has 3 rings (SSSR count). The highest BCUT2D eigenvalue weighted by molar-refractivity contribution is 5.86. The van der Waals surface area contributed by atoms with Crippen molar-refractivity contribution in [2.75, 3.05) is 6.61 Å². The first-order chi connectivity index (χ1) is 11.8. The second-order valence-corrected chi connectivity index (χ2v) is 5.58. The zero-order valence-corrected chi connectivity index (χ0v) is 12.6. The van der Waals surface area contributed by atoms with Gasteiger partial charge in [-0.3, -0.25) is 0 Å². The SMILES string of the molecule is O=c1cc(O)c2cc(O[C@@H]3O[C@H](CO)[C@@H](O)[C@H](O)[C@H]3O)c(O)cc2o1. The molecule has 0 radical (unpaired) electrons. The van der Waals surface area contributed by atoms with Crippen LogP contribution in [0.3, 0.4) is 0 Å². The molecule has 0 spiro atoms. The fourth-order valence-corrected chi connectivity index (χ4v) is 2.55. The Hall–Kier alpha value is -2.37. The van der Waals surface area contributed by atoms with Crippen LogP contribution in [-0.2, 0) is 4.74 Å². The second-order valence-electron chi connectivity index (χ2n) is 5.58. The number of fused-ring (bicyclic) bond motifs is 1. The Balaban J connectivity index is 1.94. The summed E-state index contributed by atoms with van der Waals surface area (Å²) in [7, 11) is 0. The molecule has 25 heavy (non-hydrogen) atoms. The van der Waals surface area contributed by atoms with E-state index in [0.717, 1.165) is 18.2 Å². The van der Waals surface area contributed by atoms with E-state index in [1.54, 1.807) is 0 Å². The minimum atomic E-state index is -1.67. The molecule has 0 amide bonds. The van der Waals surface area contributed by atoms with E-state index in [9.17, 15) is 30.3 Å². The number of hydrogen-bond donors (Lipinski definition) is 6. The van der Waals surface area contributed by atoms with Gasteiger partial charge in [0.1, 0.15) is 35.7 Å². The quantitative estimate of drug-likeness (QED) is 0.351. The summed E-state index contributed by atoms with van der Waals surface area (Å²) in [4.78, 5) is 11.2. The van der Waals surface area contributed by atoms with E-state index < -0.39 is 54.4 Å².